The maximum absolute atomic E-state index is 12.6. The van der Waals surface area contributed by atoms with Gasteiger partial charge in [0, 0.05) is 12.6 Å². The average molecular weight is 236 g/mol. The minimum absolute atomic E-state index is 0.109. The first-order valence-electron chi connectivity index (χ1n) is 7.28. The predicted molar refractivity (Wildman–Crippen MR) is 67.6 cm³/mol. The number of carbonyl (C=O) groups excluding carboxylic acids is 1. The highest BCUT2D eigenvalue weighted by Crippen LogP contribution is 2.35. The van der Waals surface area contributed by atoms with Gasteiger partial charge in [-0.1, -0.05) is 6.92 Å². The summed E-state index contributed by atoms with van der Waals surface area (Å²) in [4.78, 5) is 14.8. The molecule has 0 spiro atoms. The molecule has 2 unspecified atom stereocenters. The Kier molecular flexibility index (Phi) is 3.12. The van der Waals surface area contributed by atoms with E-state index < -0.39 is 0 Å². The average Bonchev–Trinajstić information content (AvgIpc) is 3.16. The van der Waals surface area contributed by atoms with Crippen molar-refractivity contribution in [3.8, 4) is 0 Å². The van der Waals surface area contributed by atoms with Crippen molar-refractivity contribution in [1.82, 2.24) is 10.2 Å². The quantitative estimate of drug-likeness (QED) is 0.807. The van der Waals surface area contributed by atoms with Crippen LogP contribution in [-0.4, -0.2) is 36.0 Å². The van der Waals surface area contributed by atoms with Gasteiger partial charge in [0.25, 0.3) is 0 Å². The summed E-state index contributed by atoms with van der Waals surface area (Å²) in [6.07, 6.45) is 7.40. The number of hydrogen-bond acceptors (Lipinski definition) is 2. The predicted octanol–water partition coefficient (Wildman–Crippen LogP) is 1.78. The molecular formula is C14H24N2O. The number of rotatable bonds is 4. The second-order valence-corrected chi connectivity index (χ2v) is 6.30. The van der Waals surface area contributed by atoms with E-state index in [1.165, 1.54) is 32.1 Å². The van der Waals surface area contributed by atoms with E-state index >= 15 is 0 Å². The molecule has 3 heteroatoms. The molecule has 3 nitrogen and oxygen atoms in total. The van der Waals surface area contributed by atoms with E-state index in [1.807, 2.05) is 0 Å². The van der Waals surface area contributed by atoms with Crippen molar-refractivity contribution in [3.63, 3.8) is 0 Å². The zero-order valence-corrected chi connectivity index (χ0v) is 10.8. The van der Waals surface area contributed by atoms with Crippen LogP contribution in [0.3, 0.4) is 0 Å². The standard InChI is InChI=1S/C14H24N2O/c1-10-6-7-15-13(8-10)14(17)16(12-4-5-12)9-11-2-3-11/h10-13,15H,2-9H2,1H3. The van der Waals surface area contributed by atoms with Crippen LogP contribution < -0.4 is 5.32 Å². The van der Waals surface area contributed by atoms with Crippen molar-refractivity contribution in [3.05, 3.63) is 0 Å². The van der Waals surface area contributed by atoms with Crippen LogP contribution in [-0.2, 0) is 4.79 Å². The lowest BCUT2D eigenvalue weighted by atomic mass is 9.93. The maximum atomic E-state index is 12.6. The molecule has 1 N–H and O–H groups in total. The van der Waals surface area contributed by atoms with Crippen molar-refractivity contribution < 1.29 is 4.79 Å². The van der Waals surface area contributed by atoms with Crippen molar-refractivity contribution in [2.24, 2.45) is 11.8 Å². The molecule has 2 aliphatic carbocycles. The molecule has 3 rings (SSSR count). The van der Waals surface area contributed by atoms with E-state index in [4.69, 9.17) is 0 Å². The molecule has 1 heterocycles. The summed E-state index contributed by atoms with van der Waals surface area (Å²) >= 11 is 0. The molecule has 0 aromatic rings. The van der Waals surface area contributed by atoms with Gasteiger partial charge in [-0.15, -0.1) is 0 Å². The Morgan fingerprint density at radius 2 is 2.00 bits per heavy atom. The lowest BCUT2D eigenvalue weighted by Gasteiger charge is -2.32. The zero-order valence-electron chi connectivity index (χ0n) is 10.8. The summed E-state index contributed by atoms with van der Waals surface area (Å²) in [5, 5.41) is 3.41. The summed E-state index contributed by atoms with van der Waals surface area (Å²) in [6.45, 7) is 4.32. The number of hydrogen-bond donors (Lipinski definition) is 1. The van der Waals surface area contributed by atoms with Crippen molar-refractivity contribution in [2.75, 3.05) is 13.1 Å². The van der Waals surface area contributed by atoms with Crippen LogP contribution in [0, 0.1) is 11.8 Å². The molecule has 0 aromatic carbocycles. The number of carbonyl (C=O) groups is 1. The van der Waals surface area contributed by atoms with E-state index in [0.717, 1.165) is 25.4 Å². The zero-order chi connectivity index (χ0) is 11.8. The van der Waals surface area contributed by atoms with Gasteiger partial charge in [0.05, 0.1) is 6.04 Å². The van der Waals surface area contributed by atoms with Crippen LogP contribution in [0.15, 0.2) is 0 Å². The van der Waals surface area contributed by atoms with E-state index in [-0.39, 0.29) is 6.04 Å². The Labute approximate surface area is 104 Å². The van der Waals surface area contributed by atoms with E-state index in [9.17, 15) is 4.79 Å². The first-order chi connectivity index (χ1) is 8.24. The summed E-state index contributed by atoms with van der Waals surface area (Å²) in [7, 11) is 0. The number of nitrogens with one attached hydrogen (secondary N) is 1. The SMILES string of the molecule is CC1CCNC(C(=O)N(CC2CC2)C2CC2)C1. The molecular weight excluding hydrogens is 212 g/mol. The summed E-state index contributed by atoms with van der Waals surface area (Å²) < 4.78 is 0. The molecule has 1 saturated heterocycles. The van der Waals surface area contributed by atoms with Crippen LogP contribution in [0.4, 0.5) is 0 Å². The van der Waals surface area contributed by atoms with E-state index in [0.29, 0.717) is 17.9 Å². The Balaban J connectivity index is 1.60. The molecule has 96 valence electrons. The van der Waals surface area contributed by atoms with Crippen LogP contribution in [0.2, 0.25) is 0 Å². The third-order valence-electron chi connectivity index (χ3n) is 4.39. The summed E-state index contributed by atoms with van der Waals surface area (Å²) in [6, 6.07) is 0.695. The minimum Gasteiger partial charge on any atom is -0.338 e. The largest absolute Gasteiger partial charge is 0.338 e. The smallest absolute Gasteiger partial charge is 0.239 e. The third kappa shape index (κ3) is 2.82. The number of piperidine rings is 1. The number of nitrogens with zero attached hydrogens (tertiary/aromatic N) is 1. The highest BCUT2D eigenvalue weighted by Gasteiger charge is 2.39. The fourth-order valence-corrected chi connectivity index (χ4v) is 2.88. The van der Waals surface area contributed by atoms with Gasteiger partial charge in [-0.25, -0.2) is 0 Å². The van der Waals surface area contributed by atoms with Gasteiger partial charge in [-0.3, -0.25) is 4.79 Å². The van der Waals surface area contributed by atoms with Crippen LogP contribution in [0.1, 0.15) is 45.4 Å². The number of amides is 1. The van der Waals surface area contributed by atoms with Gasteiger partial charge in [0.1, 0.15) is 0 Å². The normalized spacial score (nSPS) is 33.5. The van der Waals surface area contributed by atoms with E-state index in [1.54, 1.807) is 0 Å². The van der Waals surface area contributed by atoms with Gasteiger partial charge >= 0.3 is 0 Å². The van der Waals surface area contributed by atoms with Crippen molar-refractivity contribution in [2.45, 2.75) is 57.5 Å². The monoisotopic (exact) mass is 236 g/mol. The minimum atomic E-state index is 0.109. The van der Waals surface area contributed by atoms with Crippen LogP contribution in [0.25, 0.3) is 0 Å². The Bertz CT molecular complexity index is 297. The molecule has 2 atom stereocenters. The second kappa shape index (κ2) is 4.60. The maximum Gasteiger partial charge on any atom is 0.239 e. The third-order valence-corrected chi connectivity index (χ3v) is 4.39. The highest BCUT2D eigenvalue weighted by atomic mass is 16.2. The Hall–Kier alpha value is -0.570. The fraction of sp³-hybridized carbons (Fsp3) is 0.929. The molecule has 3 fully saturated rings. The second-order valence-electron chi connectivity index (χ2n) is 6.30. The molecule has 0 bridgehead atoms. The van der Waals surface area contributed by atoms with Gasteiger partial charge in [0.15, 0.2) is 0 Å². The van der Waals surface area contributed by atoms with Gasteiger partial charge in [-0.05, 0) is 56.9 Å². The lowest BCUT2D eigenvalue weighted by Crippen LogP contribution is -2.51. The molecule has 2 saturated carbocycles. The molecule has 17 heavy (non-hydrogen) atoms. The lowest BCUT2D eigenvalue weighted by molar-refractivity contribution is -0.135. The van der Waals surface area contributed by atoms with Gasteiger partial charge < -0.3 is 10.2 Å². The molecule has 0 radical (unpaired) electrons. The highest BCUT2D eigenvalue weighted by molar-refractivity contribution is 5.82. The van der Waals surface area contributed by atoms with Gasteiger partial charge in [-0.2, -0.15) is 0 Å². The first-order valence-corrected chi connectivity index (χ1v) is 7.28. The topological polar surface area (TPSA) is 32.3 Å². The Morgan fingerprint density at radius 1 is 1.24 bits per heavy atom. The molecule has 3 aliphatic rings. The van der Waals surface area contributed by atoms with Crippen molar-refractivity contribution >= 4 is 5.91 Å². The molecule has 0 aromatic heterocycles. The first kappa shape index (κ1) is 11.5. The van der Waals surface area contributed by atoms with Crippen molar-refractivity contribution in [1.29, 1.82) is 0 Å². The fourth-order valence-electron chi connectivity index (χ4n) is 2.88. The Morgan fingerprint density at radius 3 is 2.59 bits per heavy atom. The molecule has 1 amide bonds. The van der Waals surface area contributed by atoms with Gasteiger partial charge in [0.2, 0.25) is 5.91 Å². The van der Waals surface area contributed by atoms with Crippen LogP contribution >= 0.6 is 0 Å². The summed E-state index contributed by atoms with van der Waals surface area (Å²) in [5.41, 5.74) is 0. The molecule has 1 aliphatic heterocycles. The van der Waals surface area contributed by atoms with E-state index in [2.05, 4.69) is 17.1 Å². The van der Waals surface area contributed by atoms with Crippen LogP contribution in [0.5, 0.6) is 0 Å². The summed E-state index contributed by atoms with van der Waals surface area (Å²) in [5.74, 6) is 1.92.